The average Bonchev–Trinajstić information content (AvgIpc) is 1.80. The van der Waals surface area contributed by atoms with Gasteiger partial charge in [-0.3, -0.25) is 0 Å². The van der Waals surface area contributed by atoms with Crippen LogP contribution in [0.5, 0.6) is 0 Å². The highest BCUT2D eigenvalue weighted by Crippen LogP contribution is 2.47. The summed E-state index contributed by atoms with van der Waals surface area (Å²) in [5.74, 6) is 0. The van der Waals surface area contributed by atoms with Gasteiger partial charge in [-0.05, 0) is 17.3 Å². The zero-order valence-corrected chi connectivity index (χ0v) is 10.7. The molecule has 0 aliphatic rings. The Kier molecular flexibility index (Phi) is 3.80. The molecule has 2 N–H and O–H groups in total. The fourth-order valence-electron chi connectivity index (χ4n) is 1.90. The SMILES string of the molecule is CC(C)(C)CC(C)(C)C(C)(C)C(O)O. The lowest BCUT2D eigenvalue weighted by Crippen LogP contribution is -2.44. The van der Waals surface area contributed by atoms with Crippen molar-refractivity contribution in [3.05, 3.63) is 0 Å². The molecule has 86 valence electrons. The van der Waals surface area contributed by atoms with Gasteiger partial charge in [-0.25, -0.2) is 0 Å². The van der Waals surface area contributed by atoms with Gasteiger partial charge >= 0.3 is 0 Å². The Labute approximate surface area is 88.3 Å². The molecule has 2 nitrogen and oxygen atoms in total. The maximum absolute atomic E-state index is 9.37. The second-order valence-electron chi connectivity index (χ2n) is 6.72. The van der Waals surface area contributed by atoms with Crippen LogP contribution in [0.2, 0.25) is 0 Å². The molecular weight excluding hydrogens is 176 g/mol. The summed E-state index contributed by atoms with van der Waals surface area (Å²) >= 11 is 0. The van der Waals surface area contributed by atoms with Gasteiger partial charge in [-0.1, -0.05) is 48.5 Å². The van der Waals surface area contributed by atoms with Crippen molar-refractivity contribution in [3.8, 4) is 0 Å². The third-order valence-electron chi connectivity index (χ3n) is 3.36. The summed E-state index contributed by atoms with van der Waals surface area (Å²) in [4.78, 5) is 0. The van der Waals surface area contributed by atoms with E-state index in [2.05, 4.69) is 34.6 Å². The Balaban J connectivity index is 4.78. The largest absolute Gasteiger partial charge is 0.368 e. The summed E-state index contributed by atoms with van der Waals surface area (Å²) in [6.45, 7) is 14.5. The first-order valence-electron chi connectivity index (χ1n) is 5.26. The Morgan fingerprint density at radius 1 is 0.857 bits per heavy atom. The van der Waals surface area contributed by atoms with Gasteiger partial charge in [0.05, 0.1) is 0 Å². The van der Waals surface area contributed by atoms with Crippen molar-refractivity contribution in [3.63, 3.8) is 0 Å². The lowest BCUT2D eigenvalue weighted by Gasteiger charge is -2.46. The highest BCUT2D eigenvalue weighted by atomic mass is 16.5. The molecule has 2 heteroatoms. The van der Waals surface area contributed by atoms with Crippen LogP contribution in [0.25, 0.3) is 0 Å². The quantitative estimate of drug-likeness (QED) is 0.691. The monoisotopic (exact) mass is 202 g/mol. The first kappa shape index (κ1) is 13.9. The predicted molar refractivity (Wildman–Crippen MR) is 59.9 cm³/mol. The van der Waals surface area contributed by atoms with E-state index in [1.165, 1.54) is 0 Å². The molecule has 0 aromatic carbocycles. The van der Waals surface area contributed by atoms with Crippen molar-refractivity contribution in [2.45, 2.75) is 61.2 Å². The van der Waals surface area contributed by atoms with Crippen LogP contribution in [0, 0.1) is 16.2 Å². The van der Waals surface area contributed by atoms with E-state index < -0.39 is 11.7 Å². The van der Waals surface area contributed by atoms with Crippen LogP contribution in [0.1, 0.15) is 54.9 Å². The zero-order valence-electron chi connectivity index (χ0n) is 10.7. The third kappa shape index (κ3) is 3.25. The molecule has 0 spiro atoms. The lowest BCUT2D eigenvalue weighted by molar-refractivity contribution is -0.170. The van der Waals surface area contributed by atoms with E-state index in [9.17, 15) is 10.2 Å². The molecule has 0 unspecified atom stereocenters. The normalized spacial score (nSPS) is 15.0. The lowest BCUT2D eigenvalue weighted by atomic mass is 9.61. The van der Waals surface area contributed by atoms with Crippen molar-refractivity contribution in [1.29, 1.82) is 0 Å². The molecule has 0 bridgehead atoms. The van der Waals surface area contributed by atoms with Crippen LogP contribution in [0.3, 0.4) is 0 Å². The molecule has 0 amide bonds. The molecule has 0 radical (unpaired) electrons. The van der Waals surface area contributed by atoms with E-state index >= 15 is 0 Å². The fourth-order valence-corrected chi connectivity index (χ4v) is 1.90. The van der Waals surface area contributed by atoms with E-state index in [0.717, 1.165) is 6.42 Å². The zero-order chi connectivity index (χ0) is 11.8. The van der Waals surface area contributed by atoms with Crippen molar-refractivity contribution in [2.75, 3.05) is 0 Å². The molecule has 0 saturated carbocycles. The fraction of sp³-hybridized carbons (Fsp3) is 1.00. The Morgan fingerprint density at radius 3 is 1.43 bits per heavy atom. The number of aliphatic hydroxyl groups excluding tert-OH is 1. The molecular formula is C12H26O2. The Bertz CT molecular complexity index is 185. The van der Waals surface area contributed by atoms with Gasteiger partial charge in [-0.15, -0.1) is 0 Å². The molecule has 0 aliphatic heterocycles. The summed E-state index contributed by atoms with van der Waals surface area (Å²) in [7, 11) is 0. The molecule has 0 aromatic heterocycles. The maximum Gasteiger partial charge on any atom is 0.157 e. The predicted octanol–water partition coefficient (Wildman–Crippen LogP) is 2.79. The maximum atomic E-state index is 9.37. The Morgan fingerprint density at radius 2 is 1.21 bits per heavy atom. The summed E-state index contributed by atoms with van der Waals surface area (Å²) in [5, 5.41) is 18.7. The van der Waals surface area contributed by atoms with Crippen molar-refractivity contribution >= 4 is 0 Å². The molecule has 0 atom stereocenters. The van der Waals surface area contributed by atoms with Crippen LogP contribution in [0.15, 0.2) is 0 Å². The molecule has 0 rings (SSSR count). The number of rotatable bonds is 3. The van der Waals surface area contributed by atoms with E-state index in [4.69, 9.17) is 0 Å². The molecule has 14 heavy (non-hydrogen) atoms. The first-order valence-corrected chi connectivity index (χ1v) is 5.26. The molecule has 0 aromatic rings. The van der Waals surface area contributed by atoms with Gasteiger partial charge in [0, 0.05) is 5.41 Å². The minimum atomic E-state index is -1.26. The van der Waals surface area contributed by atoms with E-state index in [1.807, 2.05) is 13.8 Å². The number of hydrogen-bond donors (Lipinski definition) is 2. The van der Waals surface area contributed by atoms with Crippen molar-refractivity contribution in [2.24, 2.45) is 16.2 Å². The number of hydrogen-bond acceptors (Lipinski definition) is 2. The molecule has 0 aliphatic carbocycles. The highest BCUT2D eigenvalue weighted by molar-refractivity contribution is 4.90. The average molecular weight is 202 g/mol. The van der Waals surface area contributed by atoms with Gasteiger partial charge in [0.25, 0.3) is 0 Å². The first-order chi connectivity index (χ1) is 5.90. The molecule has 0 fully saturated rings. The Hall–Kier alpha value is -0.0800. The minimum Gasteiger partial charge on any atom is -0.368 e. The van der Waals surface area contributed by atoms with Crippen LogP contribution in [0.4, 0.5) is 0 Å². The van der Waals surface area contributed by atoms with Gasteiger partial charge < -0.3 is 10.2 Å². The van der Waals surface area contributed by atoms with Gasteiger partial charge in [0.1, 0.15) is 0 Å². The van der Waals surface area contributed by atoms with Gasteiger partial charge in [0.15, 0.2) is 6.29 Å². The van der Waals surface area contributed by atoms with Crippen LogP contribution < -0.4 is 0 Å². The highest BCUT2D eigenvalue weighted by Gasteiger charge is 2.43. The minimum absolute atomic E-state index is 0.0978. The van der Waals surface area contributed by atoms with Gasteiger partial charge in [0.2, 0.25) is 0 Å². The second kappa shape index (κ2) is 3.82. The van der Waals surface area contributed by atoms with Crippen LogP contribution in [-0.2, 0) is 0 Å². The number of aliphatic hydroxyl groups is 2. The standard InChI is InChI=1S/C12H26O2/c1-10(2,3)8-11(4,5)12(6,7)9(13)14/h9,13-14H,8H2,1-7H3. The molecule has 0 heterocycles. The van der Waals surface area contributed by atoms with E-state index in [-0.39, 0.29) is 10.8 Å². The summed E-state index contributed by atoms with van der Waals surface area (Å²) < 4.78 is 0. The topological polar surface area (TPSA) is 40.5 Å². The summed E-state index contributed by atoms with van der Waals surface area (Å²) in [6.07, 6.45) is -0.301. The second-order valence-corrected chi connectivity index (χ2v) is 6.72. The summed E-state index contributed by atoms with van der Waals surface area (Å²) in [5.41, 5.74) is -0.380. The van der Waals surface area contributed by atoms with E-state index in [0.29, 0.717) is 0 Å². The van der Waals surface area contributed by atoms with Crippen molar-refractivity contribution in [1.82, 2.24) is 0 Å². The van der Waals surface area contributed by atoms with Crippen LogP contribution in [-0.4, -0.2) is 16.5 Å². The van der Waals surface area contributed by atoms with Crippen LogP contribution >= 0.6 is 0 Å². The van der Waals surface area contributed by atoms with E-state index in [1.54, 1.807) is 0 Å². The smallest absolute Gasteiger partial charge is 0.157 e. The summed E-state index contributed by atoms with van der Waals surface area (Å²) in [6, 6.07) is 0. The third-order valence-corrected chi connectivity index (χ3v) is 3.36. The van der Waals surface area contributed by atoms with Crippen molar-refractivity contribution < 1.29 is 10.2 Å². The van der Waals surface area contributed by atoms with Gasteiger partial charge in [-0.2, -0.15) is 0 Å². The molecule has 0 saturated heterocycles.